The summed E-state index contributed by atoms with van der Waals surface area (Å²) in [6.45, 7) is 4.87. The van der Waals surface area contributed by atoms with Crippen molar-refractivity contribution in [2.45, 2.75) is 26.9 Å². The molecule has 0 saturated heterocycles. The third kappa shape index (κ3) is 1.93. The Hall–Kier alpha value is -2.57. The van der Waals surface area contributed by atoms with Crippen LogP contribution in [-0.2, 0) is 20.1 Å². The van der Waals surface area contributed by atoms with E-state index < -0.39 is 11.2 Å². The number of fused-ring (bicyclic) bond motifs is 1. The van der Waals surface area contributed by atoms with Crippen LogP contribution in [0.5, 0.6) is 0 Å². The molecule has 21 heavy (non-hydrogen) atoms. The van der Waals surface area contributed by atoms with E-state index in [0.29, 0.717) is 30.1 Å². The second-order valence-electron chi connectivity index (χ2n) is 4.92. The van der Waals surface area contributed by atoms with E-state index in [-0.39, 0.29) is 0 Å². The molecule has 3 heterocycles. The molecule has 0 spiro atoms. The van der Waals surface area contributed by atoms with Crippen molar-refractivity contribution >= 4 is 11.2 Å². The molecule has 0 aliphatic carbocycles. The van der Waals surface area contributed by atoms with E-state index in [0.717, 1.165) is 5.56 Å². The molecular weight excluding hydrogens is 270 g/mol. The van der Waals surface area contributed by atoms with E-state index in [9.17, 15) is 9.59 Å². The first-order valence-electron chi connectivity index (χ1n) is 6.92. The average molecular weight is 287 g/mol. The number of imidazole rings is 1. The normalized spacial score (nSPS) is 11.4. The quantitative estimate of drug-likeness (QED) is 0.778. The lowest BCUT2D eigenvalue weighted by Gasteiger charge is -2.04. The summed E-state index contributed by atoms with van der Waals surface area (Å²) in [5, 5.41) is 0. The molecule has 3 aromatic rings. The van der Waals surface area contributed by atoms with E-state index in [1.165, 1.54) is 4.57 Å². The van der Waals surface area contributed by atoms with Gasteiger partial charge in [0.15, 0.2) is 11.2 Å². The van der Waals surface area contributed by atoms with Gasteiger partial charge in [-0.15, -0.1) is 0 Å². The summed E-state index contributed by atoms with van der Waals surface area (Å²) in [4.78, 5) is 31.0. The third-order valence-corrected chi connectivity index (χ3v) is 3.61. The fourth-order valence-corrected chi connectivity index (χ4v) is 2.63. The Morgan fingerprint density at radius 3 is 2.48 bits per heavy atom. The molecule has 0 aromatic carbocycles. The molecule has 110 valence electrons. The number of aromatic nitrogens is 5. The van der Waals surface area contributed by atoms with Gasteiger partial charge in [-0.25, -0.2) is 9.78 Å². The van der Waals surface area contributed by atoms with Crippen molar-refractivity contribution in [3.05, 3.63) is 39.3 Å². The number of nitrogens with zero attached hydrogens (tertiary/aromatic N) is 4. The Morgan fingerprint density at radius 2 is 1.90 bits per heavy atom. The van der Waals surface area contributed by atoms with Gasteiger partial charge in [0.2, 0.25) is 0 Å². The first-order valence-corrected chi connectivity index (χ1v) is 6.92. The van der Waals surface area contributed by atoms with Crippen LogP contribution >= 0.6 is 0 Å². The monoisotopic (exact) mass is 287 g/mol. The highest BCUT2D eigenvalue weighted by molar-refractivity contribution is 5.76. The van der Waals surface area contributed by atoms with Gasteiger partial charge in [-0.05, 0) is 19.9 Å². The van der Waals surface area contributed by atoms with Gasteiger partial charge in [0, 0.05) is 38.1 Å². The van der Waals surface area contributed by atoms with Crippen LogP contribution in [0.25, 0.3) is 22.6 Å². The molecule has 0 radical (unpaired) electrons. The molecule has 7 nitrogen and oxygen atoms in total. The number of hydrogen-bond acceptors (Lipinski definition) is 3. The molecule has 3 rings (SSSR count). The van der Waals surface area contributed by atoms with E-state index in [2.05, 4.69) is 9.97 Å². The fourth-order valence-electron chi connectivity index (χ4n) is 2.63. The standard InChI is InChI=1S/C14H17N5O2/c1-4-18-10-12(19(5-2)14(21)16-13(10)20)15-11(18)9-6-7-17(3)8-9/h6-8H,4-5H2,1-3H3,(H,16,20,21). The largest absolute Gasteiger partial charge is 0.357 e. The van der Waals surface area contributed by atoms with Crippen LogP contribution in [0.4, 0.5) is 0 Å². The summed E-state index contributed by atoms with van der Waals surface area (Å²) in [6.07, 6.45) is 3.86. The van der Waals surface area contributed by atoms with Crippen molar-refractivity contribution in [2.24, 2.45) is 7.05 Å². The van der Waals surface area contributed by atoms with Gasteiger partial charge in [-0.2, -0.15) is 0 Å². The summed E-state index contributed by atoms with van der Waals surface area (Å²) in [7, 11) is 1.93. The fraction of sp³-hybridized carbons (Fsp3) is 0.357. The van der Waals surface area contributed by atoms with Gasteiger partial charge in [0.25, 0.3) is 5.56 Å². The summed E-state index contributed by atoms with van der Waals surface area (Å²) in [5.41, 5.74) is 0.987. The summed E-state index contributed by atoms with van der Waals surface area (Å²) < 4.78 is 5.25. The highest BCUT2D eigenvalue weighted by Crippen LogP contribution is 2.22. The van der Waals surface area contributed by atoms with Crippen LogP contribution in [0, 0.1) is 0 Å². The Balaban J connectivity index is 2.45. The van der Waals surface area contributed by atoms with Gasteiger partial charge < -0.3 is 9.13 Å². The summed E-state index contributed by atoms with van der Waals surface area (Å²) >= 11 is 0. The van der Waals surface area contributed by atoms with Crippen molar-refractivity contribution < 1.29 is 0 Å². The smallest absolute Gasteiger partial charge is 0.330 e. The number of aromatic amines is 1. The van der Waals surface area contributed by atoms with Crippen LogP contribution in [0.15, 0.2) is 28.0 Å². The zero-order chi connectivity index (χ0) is 15.1. The molecule has 7 heteroatoms. The summed E-state index contributed by atoms with van der Waals surface area (Å²) in [6, 6.07) is 1.94. The molecule has 3 aromatic heterocycles. The molecule has 0 atom stereocenters. The van der Waals surface area contributed by atoms with Crippen LogP contribution < -0.4 is 11.2 Å². The van der Waals surface area contributed by atoms with E-state index in [1.807, 2.05) is 48.5 Å². The highest BCUT2D eigenvalue weighted by atomic mass is 16.2. The Bertz CT molecular complexity index is 925. The number of aryl methyl sites for hydroxylation is 3. The zero-order valence-electron chi connectivity index (χ0n) is 12.3. The van der Waals surface area contributed by atoms with Gasteiger partial charge >= 0.3 is 5.69 Å². The molecule has 0 saturated carbocycles. The molecule has 0 bridgehead atoms. The molecule has 0 amide bonds. The van der Waals surface area contributed by atoms with Crippen molar-refractivity contribution in [1.29, 1.82) is 0 Å². The second-order valence-corrected chi connectivity index (χ2v) is 4.92. The minimum atomic E-state index is -0.421. The first kappa shape index (κ1) is 13.4. The predicted molar refractivity (Wildman–Crippen MR) is 80.4 cm³/mol. The molecule has 0 unspecified atom stereocenters. The van der Waals surface area contributed by atoms with Crippen molar-refractivity contribution in [3.8, 4) is 11.4 Å². The lowest BCUT2D eigenvalue weighted by molar-refractivity contribution is 0.716. The third-order valence-electron chi connectivity index (χ3n) is 3.61. The minimum absolute atomic E-state index is 0.392. The van der Waals surface area contributed by atoms with Crippen LogP contribution in [0.1, 0.15) is 13.8 Å². The maximum absolute atomic E-state index is 12.2. The van der Waals surface area contributed by atoms with Crippen LogP contribution in [-0.4, -0.2) is 23.7 Å². The first-order chi connectivity index (χ1) is 10.1. The number of hydrogen-bond donors (Lipinski definition) is 1. The maximum Gasteiger partial charge on any atom is 0.330 e. The van der Waals surface area contributed by atoms with Gasteiger partial charge in [0.1, 0.15) is 5.82 Å². The molecule has 0 aliphatic heterocycles. The SMILES string of the molecule is CCn1c(-c2ccn(C)c2)nc2c1c(=O)[nH]c(=O)n2CC. The maximum atomic E-state index is 12.2. The molecule has 0 aliphatic rings. The number of rotatable bonds is 3. The predicted octanol–water partition coefficient (Wildman–Crippen LogP) is 0.932. The number of H-pyrrole nitrogens is 1. The van der Waals surface area contributed by atoms with Crippen LogP contribution in [0.2, 0.25) is 0 Å². The second kappa shape index (κ2) is 4.76. The van der Waals surface area contributed by atoms with Crippen molar-refractivity contribution in [1.82, 2.24) is 23.7 Å². The average Bonchev–Trinajstić information content (AvgIpc) is 3.02. The van der Waals surface area contributed by atoms with E-state index in [1.54, 1.807) is 0 Å². The Kier molecular flexibility index (Phi) is 3.04. The van der Waals surface area contributed by atoms with E-state index >= 15 is 0 Å². The molecule has 0 fully saturated rings. The van der Waals surface area contributed by atoms with Crippen molar-refractivity contribution in [3.63, 3.8) is 0 Å². The van der Waals surface area contributed by atoms with Gasteiger partial charge in [-0.1, -0.05) is 0 Å². The van der Waals surface area contributed by atoms with Crippen LogP contribution in [0.3, 0.4) is 0 Å². The van der Waals surface area contributed by atoms with Gasteiger partial charge in [-0.3, -0.25) is 14.3 Å². The number of nitrogens with one attached hydrogen (secondary N) is 1. The topological polar surface area (TPSA) is 77.6 Å². The lowest BCUT2D eigenvalue weighted by atomic mass is 10.3. The molecular formula is C14H17N5O2. The van der Waals surface area contributed by atoms with Crippen molar-refractivity contribution in [2.75, 3.05) is 0 Å². The Labute approximate surface area is 120 Å². The molecule has 1 N–H and O–H groups in total. The highest BCUT2D eigenvalue weighted by Gasteiger charge is 2.18. The Morgan fingerprint density at radius 1 is 1.19 bits per heavy atom. The lowest BCUT2D eigenvalue weighted by Crippen LogP contribution is -2.30. The summed E-state index contributed by atoms with van der Waals surface area (Å²) in [5.74, 6) is 0.700. The van der Waals surface area contributed by atoms with Gasteiger partial charge in [0.05, 0.1) is 0 Å². The minimum Gasteiger partial charge on any atom is -0.357 e. The van der Waals surface area contributed by atoms with E-state index in [4.69, 9.17) is 0 Å². The zero-order valence-corrected chi connectivity index (χ0v) is 12.3.